The van der Waals surface area contributed by atoms with Gasteiger partial charge in [0.15, 0.2) is 0 Å². The van der Waals surface area contributed by atoms with Gasteiger partial charge in [-0.3, -0.25) is 9.69 Å². The average Bonchev–Trinajstić information content (AvgIpc) is 2.83. The van der Waals surface area contributed by atoms with Crippen LogP contribution in [0.1, 0.15) is 25.3 Å². The van der Waals surface area contributed by atoms with E-state index in [1.54, 1.807) is 13.0 Å². The Hall–Kier alpha value is -0.940. The van der Waals surface area contributed by atoms with Crippen LogP contribution < -0.4 is 0 Å². The van der Waals surface area contributed by atoms with Gasteiger partial charge in [0.25, 0.3) is 0 Å². The highest BCUT2D eigenvalue weighted by Crippen LogP contribution is 2.26. The minimum absolute atomic E-state index is 0.174. The molecule has 0 spiro atoms. The number of carbonyl (C=O) groups excluding carboxylic acids is 1. The molecule has 0 N–H and O–H groups in total. The smallest absolute Gasteiger partial charge is 0.323 e. The zero-order valence-corrected chi connectivity index (χ0v) is 12.5. The van der Waals surface area contributed by atoms with Gasteiger partial charge >= 0.3 is 5.97 Å². The first-order chi connectivity index (χ1) is 9.13. The van der Waals surface area contributed by atoms with Crippen LogP contribution in [0.5, 0.6) is 0 Å². The minimum Gasteiger partial charge on any atom is -0.465 e. The number of likely N-dealkylation sites (tertiary alicyclic amines) is 1. The van der Waals surface area contributed by atoms with Gasteiger partial charge < -0.3 is 4.74 Å². The van der Waals surface area contributed by atoms with E-state index >= 15 is 0 Å². The van der Waals surface area contributed by atoms with Crippen molar-refractivity contribution in [2.45, 2.75) is 32.4 Å². The van der Waals surface area contributed by atoms with Crippen molar-refractivity contribution in [3.05, 3.63) is 34.1 Å². The lowest BCUT2D eigenvalue weighted by molar-refractivity contribution is -0.148. The van der Waals surface area contributed by atoms with Gasteiger partial charge in [0.2, 0.25) is 0 Å². The lowest BCUT2D eigenvalue weighted by Gasteiger charge is -2.23. The summed E-state index contributed by atoms with van der Waals surface area (Å²) in [6, 6.07) is 4.77. The molecular weight excluding hydrogens is 313 g/mol. The highest BCUT2D eigenvalue weighted by Gasteiger charge is 2.32. The highest BCUT2D eigenvalue weighted by atomic mass is 79.9. The van der Waals surface area contributed by atoms with Gasteiger partial charge in [0.05, 0.1) is 11.1 Å². The molecule has 1 aromatic carbocycles. The fraction of sp³-hybridized carbons (Fsp3) is 0.500. The summed E-state index contributed by atoms with van der Waals surface area (Å²) in [7, 11) is 0. The van der Waals surface area contributed by atoms with E-state index in [2.05, 4.69) is 20.8 Å². The monoisotopic (exact) mass is 329 g/mol. The molecule has 1 unspecified atom stereocenters. The first-order valence-electron chi connectivity index (χ1n) is 6.47. The maximum atomic E-state index is 13.5. The number of halogens is 2. The number of hydrogen-bond donors (Lipinski definition) is 0. The minimum atomic E-state index is -0.274. The van der Waals surface area contributed by atoms with E-state index in [1.807, 2.05) is 6.07 Å². The Labute approximate surface area is 120 Å². The number of esters is 1. The summed E-state index contributed by atoms with van der Waals surface area (Å²) in [5.74, 6) is -0.447. The fourth-order valence-electron chi connectivity index (χ4n) is 2.41. The van der Waals surface area contributed by atoms with Gasteiger partial charge in [-0.05, 0) is 53.9 Å². The molecule has 1 aliphatic heterocycles. The molecule has 0 radical (unpaired) electrons. The summed E-state index contributed by atoms with van der Waals surface area (Å²) in [5.41, 5.74) is 0.858. The molecule has 19 heavy (non-hydrogen) atoms. The largest absolute Gasteiger partial charge is 0.465 e. The van der Waals surface area contributed by atoms with Crippen LogP contribution in [0.4, 0.5) is 4.39 Å². The van der Waals surface area contributed by atoms with Crippen LogP contribution >= 0.6 is 15.9 Å². The Morgan fingerprint density at radius 2 is 2.37 bits per heavy atom. The molecule has 5 heteroatoms. The SMILES string of the molecule is CCOC(=O)C1CCCN1Cc1cccc(F)c1Br. The van der Waals surface area contributed by atoms with Gasteiger partial charge in [-0.2, -0.15) is 0 Å². The predicted molar refractivity (Wildman–Crippen MR) is 74.2 cm³/mol. The van der Waals surface area contributed by atoms with E-state index in [0.29, 0.717) is 17.6 Å². The Balaban J connectivity index is 2.09. The van der Waals surface area contributed by atoms with Gasteiger partial charge in [0.1, 0.15) is 11.9 Å². The Morgan fingerprint density at radius 3 is 3.11 bits per heavy atom. The third-order valence-electron chi connectivity index (χ3n) is 3.33. The summed E-state index contributed by atoms with van der Waals surface area (Å²) in [6.07, 6.45) is 1.78. The van der Waals surface area contributed by atoms with Crippen LogP contribution in [-0.2, 0) is 16.1 Å². The molecular formula is C14H17BrFNO2. The number of nitrogens with zero attached hydrogens (tertiary/aromatic N) is 1. The summed E-state index contributed by atoms with van der Waals surface area (Å²) >= 11 is 3.26. The van der Waals surface area contributed by atoms with Crippen molar-refractivity contribution in [1.82, 2.24) is 4.90 Å². The van der Waals surface area contributed by atoms with Crippen LogP contribution in [0.25, 0.3) is 0 Å². The maximum Gasteiger partial charge on any atom is 0.323 e. The summed E-state index contributed by atoms with van der Waals surface area (Å²) < 4.78 is 19.0. The van der Waals surface area contributed by atoms with Crippen LogP contribution in [-0.4, -0.2) is 30.1 Å². The number of ether oxygens (including phenoxy) is 1. The Bertz CT molecular complexity index is 467. The van der Waals surface area contributed by atoms with Crippen molar-refractivity contribution in [2.75, 3.05) is 13.2 Å². The molecule has 1 aromatic rings. The summed E-state index contributed by atoms with van der Waals surface area (Å²) in [5, 5.41) is 0. The molecule has 1 aliphatic rings. The van der Waals surface area contributed by atoms with Crippen molar-refractivity contribution in [3.63, 3.8) is 0 Å². The lowest BCUT2D eigenvalue weighted by Crippen LogP contribution is -2.36. The van der Waals surface area contributed by atoms with Crippen molar-refractivity contribution < 1.29 is 13.9 Å². The topological polar surface area (TPSA) is 29.5 Å². The Morgan fingerprint density at radius 1 is 1.58 bits per heavy atom. The van der Waals surface area contributed by atoms with Gasteiger partial charge in [-0.25, -0.2) is 4.39 Å². The van der Waals surface area contributed by atoms with Gasteiger partial charge in [-0.1, -0.05) is 12.1 Å². The van der Waals surface area contributed by atoms with Crippen LogP contribution in [0, 0.1) is 5.82 Å². The van der Waals surface area contributed by atoms with Crippen LogP contribution in [0.2, 0.25) is 0 Å². The lowest BCUT2D eigenvalue weighted by atomic mass is 10.2. The number of carbonyl (C=O) groups is 1. The van der Waals surface area contributed by atoms with E-state index in [0.717, 1.165) is 24.9 Å². The van der Waals surface area contributed by atoms with Gasteiger partial charge in [-0.15, -0.1) is 0 Å². The molecule has 2 rings (SSSR count). The summed E-state index contributed by atoms with van der Waals surface area (Å²) in [4.78, 5) is 13.9. The average molecular weight is 330 g/mol. The van der Waals surface area contributed by atoms with Crippen molar-refractivity contribution in [3.8, 4) is 0 Å². The quantitative estimate of drug-likeness (QED) is 0.795. The zero-order chi connectivity index (χ0) is 13.8. The third-order valence-corrected chi connectivity index (χ3v) is 4.22. The molecule has 1 saturated heterocycles. The first kappa shape index (κ1) is 14.5. The standard InChI is InChI=1S/C14H17BrFNO2/c1-2-19-14(18)12-7-4-8-17(12)9-10-5-3-6-11(16)13(10)15/h3,5-6,12H,2,4,7-9H2,1H3. The second-order valence-electron chi connectivity index (χ2n) is 4.59. The van der Waals surface area contributed by atoms with Crippen LogP contribution in [0.15, 0.2) is 22.7 Å². The second-order valence-corrected chi connectivity index (χ2v) is 5.39. The molecule has 1 fully saturated rings. The van der Waals surface area contributed by atoms with E-state index in [1.165, 1.54) is 6.07 Å². The highest BCUT2D eigenvalue weighted by molar-refractivity contribution is 9.10. The predicted octanol–water partition coefficient (Wildman–Crippen LogP) is 3.12. The molecule has 104 valence electrons. The summed E-state index contributed by atoms with van der Waals surface area (Å²) in [6.45, 7) is 3.60. The second kappa shape index (κ2) is 6.48. The molecule has 1 heterocycles. The molecule has 0 amide bonds. The van der Waals surface area contributed by atoms with Crippen molar-refractivity contribution in [2.24, 2.45) is 0 Å². The maximum absolute atomic E-state index is 13.5. The van der Waals surface area contributed by atoms with E-state index in [-0.39, 0.29) is 17.8 Å². The normalized spacial score (nSPS) is 19.6. The molecule has 3 nitrogen and oxygen atoms in total. The van der Waals surface area contributed by atoms with E-state index in [4.69, 9.17) is 4.74 Å². The molecule has 0 saturated carbocycles. The molecule has 0 aromatic heterocycles. The fourth-order valence-corrected chi connectivity index (χ4v) is 2.80. The number of rotatable bonds is 4. The van der Waals surface area contributed by atoms with E-state index in [9.17, 15) is 9.18 Å². The van der Waals surface area contributed by atoms with E-state index < -0.39 is 0 Å². The van der Waals surface area contributed by atoms with Crippen molar-refractivity contribution >= 4 is 21.9 Å². The third kappa shape index (κ3) is 3.34. The number of benzene rings is 1. The number of hydrogen-bond acceptors (Lipinski definition) is 3. The first-order valence-corrected chi connectivity index (χ1v) is 7.26. The van der Waals surface area contributed by atoms with Crippen LogP contribution in [0.3, 0.4) is 0 Å². The Kier molecular flexibility index (Phi) is 4.93. The van der Waals surface area contributed by atoms with Crippen molar-refractivity contribution in [1.29, 1.82) is 0 Å². The molecule has 0 bridgehead atoms. The van der Waals surface area contributed by atoms with Gasteiger partial charge in [0, 0.05) is 6.54 Å². The zero-order valence-electron chi connectivity index (χ0n) is 10.9. The molecule has 1 atom stereocenters. The molecule has 0 aliphatic carbocycles.